The van der Waals surface area contributed by atoms with Gasteiger partial charge in [-0.15, -0.1) is 11.3 Å². The summed E-state index contributed by atoms with van der Waals surface area (Å²) in [6, 6.07) is 4.56. The van der Waals surface area contributed by atoms with Crippen LogP contribution in [0.5, 0.6) is 5.88 Å². The lowest BCUT2D eigenvalue weighted by Gasteiger charge is -2.11. The zero-order valence-electron chi connectivity index (χ0n) is 11.2. The summed E-state index contributed by atoms with van der Waals surface area (Å²) in [6.45, 7) is 1.99. The molecule has 3 rings (SSSR count). The lowest BCUT2D eigenvalue weighted by molar-refractivity contribution is 0.290. The minimum Gasteiger partial charge on any atom is -0.472 e. The summed E-state index contributed by atoms with van der Waals surface area (Å²) < 4.78 is 19.2. The molecule has 2 aromatic rings. The maximum atomic E-state index is 13.7. The van der Waals surface area contributed by atoms with Gasteiger partial charge in [0, 0.05) is 17.1 Å². The molecule has 1 aromatic carbocycles. The van der Waals surface area contributed by atoms with Gasteiger partial charge in [0.05, 0.1) is 5.38 Å². The predicted octanol–water partition coefficient (Wildman–Crippen LogP) is 3.89. The number of nitrogens with one attached hydrogen (secondary N) is 1. The zero-order valence-corrected chi connectivity index (χ0v) is 12.8. The lowest BCUT2D eigenvalue weighted by Crippen LogP contribution is -2.19. The van der Waals surface area contributed by atoms with Crippen molar-refractivity contribution in [3.63, 3.8) is 0 Å². The fourth-order valence-electron chi connectivity index (χ4n) is 2.08. The van der Waals surface area contributed by atoms with Gasteiger partial charge in [-0.2, -0.15) is 0 Å². The minimum absolute atomic E-state index is 0.146. The van der Waals surface area contributed by atoms with E-state index in [0.717, 1.165) is 24.5 Å². The molecule has 0 fully saturated rings. The van der Waals surface area contributed by atoms with Crippen molar-refractivity contribution >= 4 is 28.5 Å². The SMILES string of the molecule is Fc1cc(Cl)ccc1COc1csc(C2=CCNCC2)n1. The van der Waals surface area contributed by atoms with Gasteiger partial charge in [-0.3, -0.25) is 0 Å². The van der Waals surface area contributed by atoms with Crippen LogP contribution in [0.2, 0.25) is 5.02 Å². The largest absolute Gasteiger partial charge is 0.472 e. The van der Waals surface area contributed by atoms with Gasteiger partial charge < -0.3 is 10.1 Å². The molecule has 1 aromatic heterocycles. The second-order valence-corrected chi connectivity index (χ2v) is 5.99. The van der Waals surface area contributed by atoms with Crippen LogP contribution in [0.25, 0.3) is 5.57 Å². The van der Waals surface area contributed by atoms with Crippen LogP contribution >= 0.6 is 22.9 Å². The highest BCUT2D eigenvalue weighted by Crippen LogP contribution is 2.27. The number of hydrogen-bond acceptors (Lipinski definition) is 4. The van der Waals surface area contributed by atoms with E-state index < -0.39 is 0 Å². The Morgan fingerprint density at radius 1 is 1.43 bits per heavy atom. The summed E-state index contributed by atoms with van der Waals surface area (Å²) in [5, 5.41) is 6.47. The first-order valence-corrected chi connectivity index (χ1v) is 7.90. The van der Waals surface area contributed by atoms with E-state index >= 15 is 0 Å². The summed E-state index contributed by atoms with van der Waals surface area (Å²) in [7, 11) is 0. The first-order chi connectivity index (χ1) is 10.2. The van der Waals surface area contributed by atoms with Crippen molar-refractivity contribution in [1.29, 1.82) is 0 Å². The van der Waals surface area contributed by atoms with Crippen molar-refractivity contribution in [3.05, 3.63) is 51.1 Å². The number of nitrogens with zero attached hydrogens (tertiary/aromatic N) is 1. The van der Waals surface area contributed by atoms with Crippen LogP contribution in [0.15, 0.2) is 29.7 Å². The Labute approximate surface area is 131 Å². The van der Waals surface area contributed by atoms with Crippen molar-refractivity contribution < 1.29 is 9.13 Å². The van der Waals surface area contributed by atoms with Gasteiger partial charge in [-0.05, 0) is 30.7 Å². The fraction of sp³-hybridized carbons (Fsp3) is 0.267. The molecule has 0 radical (unpaired) electrons. The maximum Gasteiger partial charge on any atom is 0.225 e. The number of hydrogen-bond donors (Lipinski definition) is 1. The van der Waals surface area contributed by atoms with Gasteiger partial charge in [0.1, 0.15) is 17.4 Å². The molecular formula is C15H14ClFN2OS. The van der Waals surface area contributed by atoms with Crippen LogP contribution < -0.4 is 10.1 Å². The second-order valence-electron chi connectivity index (χ2n) is 4.70. The van der Waals surface area contributed by atoms with Gasteiger partial charge in [-0.1, -0.05) is 23.7 Å². The Hall–Kier alpha value is -1.43. The van der Waals surface area contributed by atoms with Crippen LogP contribution in [0.3, 0.4) is 0 Å². The quantitative estimate of drug-likeness (QED) is 0.926. The normalized spacial score (nSPS) is 14.9. The number of benzene rings is 1. The van der Waals surface area contributed by atoms with Gasteiger partial charge >= 0.3 is 0 Å². The molecule has 1 aliphatic rings. The van der Waals surface area contributed by atoms with Gasteiger partial charge in [-0.25, -0.2) is 9.37 Å². The van der Waals surface area contributed by atoms with E-state index in [-0.39, 0.29) is 12.4 Å². The smallest absolute Gasteiger partial charge is 0.225 e. The van der Waals surface area contributed by atoms with Crippen LogP contribution in [0, 0.1) is 5.82 Å². The van der Waals surface area contributed by atoms with E-state index in [2.05, 4.69) is 16.4 Å². The standard InChI is InChI=1S/C15H14ClFN2OS/c16-12-2-1-11(13(17)7-12)8-20-14-9-21-15(19-14)10-3-5-18-6-4-10/h1-3,7,9,18H,4-6,8H2. The number of halogens is 2. The molecule has 2 heterocycles. The molecular weight excluding hydrogens is 311 g/mol. The molecule has 0 saturated heterocycles. The molecule has 6 heteroatoms. The highest BCUT2D eigenvalue weighted by atomic mass is 35.5. The van der Waals surface area contributed by atoms with Gasteiger partial charge in [0.2, 0.25) is 5.88 Å². The summed E-state index contributed by atoms with van der Waals surface area (Å²) in [5.41, 5.74) is 1.71. The lowest BCUT2D eigenvalue weighted by atomic mass is 10.1. The molecule has 0 amide bonds. The molecule has 0 aliphatic carbocycles. The molecule has 3 nitrogen and oxygen atoms in total. The Balaban J connectivity index is 1.66. The highest BCUT2D eigenvalue weighted by Gasteiger charge is 2.11. The third-order valence-corrected chi connectivity index (χ3v) is 4.34. The molecule has 1 N–H and O–H groups in total. The second kappa shape index (κ2) is 6.56. The zero-order chi connectivity index (χ0) is 14.7. The molecule has 0 bridgehead atoms. The minimum atomic E-state index is -0.362. The number of rotatable bonds is 4. The molecule has 0 saturated carbocycles. The van der Waals surface area contributed by atoms with E-state index in [0.29, 0.717) is 16.5 Å². The predicted molar refractivity (Wildman–Crippen MR) is 83.3 cm³/mol. The topological polar surface area (TPSA) is 34.1 Å². The maximum absolute atomic E-state index is 13.7. The molecule has 0 unspecified atom stereocenters. The van der Waals surface area contributed by atoms with Crippen molar-refractivity contribution in [2.75, 3.05) is 13.1 Å². The Bertz CT molecular complexity index is 671. The Morgan fingerprint density at radius 2 is 2.33 bits per heavy atom. The van der Waals surface area contributed by atoms with Crippen molar-refractivity contribution in [3.8, 4) is 5.88 Å². The molecule has 1 aliphatic heterocycles. The first kappa shape index (κ1) is 14.5. The molecule has 21 heavy (non-hydrogen) atoms. The number of aromatic nitrogens is 1. The van der Waals surface area contributed by atoms with Crippen LogP contribution in [-0.2, 0) is 6.61 Å². The summed E-state index contributed by atoms with van der Waals surface area (Å²) >= 11 is 7.27. The van der Waals surface area contributed by atoms with Gasteiger partial charge in [0.25, 0.3) is 0 Å². The molecule has 0 spiro atoms. The van der Waals surface area contributed by atoms with E-state index in [4.69, 9.17) is 16.3 Å². The van der Waals surface area contributed by atoms with E-state index in [9.17, 15) is 4.39 Å². The summed E-state index contributed by atoms with van der Waals surface area (Å²) in [4.78, 5) is 4.45. The first-order valence-electron chi connectivity index (χ1n) is 6.65. The third-order valence-electron chi connectivity index (χ3n) is 3.21. The average molecular weight is 325 g/mol. The average Bonchev–Trinajstić information content (AvgIpc) is 2.96. The van der Waals surface area contributed by atoms with Crippen LogP contribution in [-0.4, -0.2) is 18.1 Å². The highest BCUT2D eigenvalue weighted by molar-refractivity contribution is 7.11. The van der Waals surface area contributed by atoms with Crippen molar-refractivity contribution in [2.45, 2.75) is 13.0 Å². The van der Waals surface area contributed by atoms with Crippen LogP contribution in [0.1, 0.15) is 17.0 Å². The van der Waals surface area contributed by atoms with Crippen molar-refractivity contribution in [2.24, 2.45) is 0 Å². The van der Waals surface area contributed by atoms with Crippen LogP contribution in [0.4, 0.5) is 4.39 Å². The van der Waals surface area contributed by atoms with Gasteiger partial charge in [0.15, 0.2) is 0 Å². The Morgan fingerprint density at radius 3 is 3.10 bits per heavy atom. The van der Waals surface area contributed by atoms with Crippen molar-refractivity contribution in [1.82, 2.24) is 10.3 Å². The van der Waals surface area contributed by atoms with E-state index in [1.54, 1.807) is 23.5 Å². The summed E-state index contributed by atoms with van der Waals surface area (Å²) in [5.74, 6) is 0.169. The third kappa shape index (κ3) is 3.61. The number of ether oxygens (including phenoxy) is 1. The van der Waals surface area contributed by atoms with E-state index in [1.165, 1.54) is 11.6 Å². The molecule has 110 valence electrons. The monoisotopic (exact) mass is 324 g/mol. The van der Waals surface area contributed by atoms with E-state index in [1.807, 2.05) is 5.38 Å². The summed E-state index contributed by atoms with van der Waals surface area (Å²) in [6.07, 6.45) is 3.11. The number of thiazole rings is 1. The Kier molecular flexibility index (Phi) is 4.53. The fourth-order valence-corrected chi connectivity index (χ4v) is 3.05. The molecule has 0 atom stereocenters.